The van der Waals surface area contributed by atoms with E-state index in [2.05, 4.69) is 0 Å². The second kappa shape index (κ2) is 6.99. The van der Waals surface area contributed by atoms with E-state index in [1.54, 1.807) is 13.8 Å². The van der Waals surface area contributed by atoms with Gasteiger partial charge in [0, 0.05) is 22.7 Å². The van der Waals surface area contributed by atoms with E-state index in [9.17, 15) is 19.7 Å². The molecule has 0 saturated carbocycles. The quantitative estimate of drug-likeness (QED) is 0.208. The third kappa shape index (κ3) is 4.68. The Labute approximate surface area is 126 Å². The molecule has 0 aliphatic carbocycles. The number of rotatable bonds is 5. The topological polar surface area (TPSA) is 86.5 Å². The molecule has 0 fully saturated rings. The van der Waals surface area contributed by atoms with Gasteiger partial charge in [-0.2, -0.15) is 0 Å². The van der Waals surface area contributed by atoms with Crippen molar-refractivity contribution in [3.05, 3.63) is 44.5 Å². The van der Waals surface area contributed by atoms with Crippen LogP contribution in [0.1, 0.15) is 26.3 Å². The van der Waals surface area contributed by atoms with Gasteiger partial charge in [-0.1, -0.05) is 11.6 Å². The van der Waals surface area contributed by atoms with Gasteiger partial charge >= 0.3 is 5.97 Å². The second-order valence-corrected chi connectivity index (χ2v) is 4.94. The highest BCUT2D eigenvalue weighted by Crippen LogP contribution is 2.24. The number of ketones is 1. The predicted octanol–water partition coefficient (Wildman–Crippen LogP) is 3.17. The zero-order chi connectivity index (χ0) is 16.2. The largest absolute Gasteiger partial charge is 0.459 e. The van der Waals surface area contributed by atoms with Crippen molar-refractivity contribution >= 4 is 35.1 Å². The molecule has 0 radical (unpaired) electrons. The van der Waals surface area contributed by atoms with E-state index >= 15 is 0 Å². The molecule has 1 aromatic rings. The van der Waals surface area contributed by atoms with Crippen molar-refractivity contribution in [1.29, 1.82) is 0 Å². The Morgan fingerprint density at radius 2 is 2.00 bits per heavy atom. The maximum Gasteiger partial charge on any atom is 0.342 e. The highest BCUT2D eigenvalue weighted by atomic mass is 35.5. The first kappa shape index (κ1) is 16.8. The van der Waals surface area contributed by atoms with Crippen LogP contribution < -0.4 is 0 Å². The van der Waals surface area contributed by atoms with Crippen molar-refractivity contribution in [2.75, 3.05) is 0 Å². The molecule has 112 valence electrons. The normalized spacial score (nSPS) is 11.4. The standard InChI is InChI=1S/C14H14ClNO5/c1-8(2)21-14(18)12(9(3)17)7-10-6-11(16(19)20)4-5-13(10)15/h4-8H,1-3H3/b12-7-. The summed E-state index contributed by atoms with van der Waals surface area (Å²) in [6.45, 7) is 4.50. The summed E-state index contributed by atoms with van der Waals surface area (Å²) < 4.78 is 4.96. The Balaban J connectivity index is 3.28. The minimum Gasteiger partial charge on any atom is -0.459 e. The molecular weight excluding hydrogens is 298 g/mol. The summed E-state index contributed by atoms with van der Waals surface area (Å²) in [5.74, 6) is -1.30. The van der Waals surface area contributed by atoms with Gasteiger partial charge in [0.25, 0.3) is 5.69 Å². The monoisotopic (exact) mass is 311 g/mol. The summed E-state index contributed by atoms with van der Waals surface area (Å²) in [5.41, 5.74) is -0.200. The molecule has 0 heterocycles. The number of carbonyl (C=O) groups excluding carboxylic acids is 2. The summed E-state index contributed by atoms with van der Waals surface area (Å²) in [4.78, 5) is 33.6. The first-order chi connectivity index (χ1) is 9.72. The summed E-state index contributed by atoms with van der Waals surface area (Å²) in [7, 11) is 0. The summed E-state index contributed by atoms with van der Waals surface area (Å²) >= 11 is 5.93. The molecule has 0 unspecified atom stereocenters. The van der Waals surface area contributed by atoms with Crippen LogP contribution in [0.5, 0.6) is 0 Å². The lowest BCUT2D eigenvalue weighted by Gasteiger charge is -2.09. The van der Waals surface area contributed by atoms with Crippen LogP contribution in [0.4, 0.5) is 5.69 Å². The number of non-ortho nitro benzene ring substituents is 1. The molecule has 0 aromatic heterocycles. The van der Waals surface area contributed by atoms with E-state index in [0.717, 1.165) is 0 Å². The zero-order valence-corrected chi connectivity index (χ0v) is 12.5. The number of carbonyl (C=O) groups is 2. The molecule has 0 spiro atoms. The fourth-order valence-electron chi connectivity index (χ4n) is 1.49. The average molecular weight is 312 g/mol. The van der Waals surface area contributed by atoms with Crippen LogP contribution in [0.25, 0.3) is 6.08 Å². The molecule has 7 heteroatoms. The third-order valence-electron chi connectivity index (χ3n) is 2.43. The Bertz CT molecular complexity index is 622. The van der Waals surface area contributed by atoms with E-state index in [1.165, 1.54) is 31.2 Å². The van der Waals surface area contributed by atoms with Crippen LogP contribution >= 0.6 is 11.6 Å². The SMILES string of the molecule is CC(=O)/C(=C/c1cc([N+](=O)[O-])ccc1Cl)C(=O)OC(C)C. The van der Waals surface area contributed by atoms with Crippen LogP contribution in [0.3, 0.4) is 0 Å². The molecule has 1 aromatic carbocycles. The van der Waals surface area contributed by atoms with E-state index in [4.69, 9.17) is 16.3 Å². The third-order valence-corrected chi connectivity index (χ3v) is 2.78. The molecule has 1 rings (SSSR count). The van der Waals surface area contributed by atoms with Crippen molar-refractivity contribution < 1.29 is 19.2 Å². The Kier molecular flexibility index (Phi) is 5.60. The fraction of sp³-hybridized carbons (Fsp3) is 0.286. The average Bonchev–Trinajstić information content (AvgIpc) is 2.35. The van der Waals surface area contributed by atoms with E-state index < -0.39 is 16.7 Å². The van der Waals surface area contributed by atoms with Gasteiger partial charge in [-0.05, 0) is 32.9 Å². The van der Waals surface area contributed by atoms with Gasteiger partial charge in [-0.3, -0.25) is 14.9 Å². The lowest BCUT2D eigenvalue weighted by molar-refractivity contribution is -0.384. The van der Waals surface area contributed by atoms with Crippen molar-refractivity contribution in [1.82, 2.24) is 0 Å². The van der Waals surface area contributed by atoms with Crippen LogP contribution in [0, 0.1) is 10.1 Å². The fourth-order valence-corrected chi connectivity index (χ4v) is 1.66. The number of ether oxygens (including phenoxy) is 1. The van der Waals surface area contributed by atoms with E-state index in [0.29, 0.717) is 0 Å². The van der Waals surface area contributed by atoms with Crippen LogP contribution in [-0.2, 0) is 14.3 Å². The van der Waals surface area contributed by atoms with Gasteiger partial charge in [0.15, 0.2) is 5.78 Å². The maximum absolute atomic E-state index is 11.8. The number of Topliss-reactive ketones (excluding diaryl/α,β-unsaturated/α-hetero) is 1. The van der Waals surface area contributed by atoms with Gasteiger partial charge in [0.05, 0.1) is 11.0 Å². The smallest absolute Gasteiger partial charge is 0.342 e. The number of nitrogens with zero attached hydrogens (tertiary/aromatic N) is 1. The lowest BCUT2D eigenvalue weighted by atomic mass is 10.1. The first-order valence-corrected chi connectivity index (χ1v) is 6.47. The van der Waals surface area contributed by atoms with E-state index in [-0.39, 0.29) is 28.0 Å². The number of esters is 1. The molecule has 0 atom stereocenters. The molecule has 0 saturated heterocycles. The molecule has 0 amide bonds. The van der Waals surface area contributed by atoms with Crippen molar-refractivity contribution in [2.45, 2.75) is 26.9 Å². The number of halogens is 1. The number of nitro benzene ring substituents is 1. The van der Waals surface area contributed by atoms with Crippen molar-refractivity contribution in [3.8, 4) is 0 Å². The summed E-state index contributed by atoms with van der Waals surface area (Å²) in [6.07, 6.45) is 0.809. The van der Waals surface area contributed by atoms with Gasteiger partial charge < -0.3 is 4.74 Å². The number of hydrogen-bond donors (Lipinski definition) is 0. The Morgan fingerprint density at radius 3 is 2.48 bits per heavy atom. The van der Waals surface area contributed by atoms with Crippen LogP contribution in [0.15, 0.2) is 23.8 Å². The molecule has 6 nitrogen and oxygen atoms in total. The van der Waals surface area contributed by atoms with Gasteiger partial charge in [0.2, 0.25) is 0 Å². The zero-order valence-electron chi connectivity index (χ0n) is 11.8. The second-order valence-electron chi connectivity index (χ2n) is 4.53. The molecule has 0 aliphatic rings. The minimum absolute atomic E-state index is 0.189. The number of hydrogen-bond acceptors (Lipinski definition) is 5. The van der Waals surface area contributed by atoms with Crippen LogP contribution in [-0.4, -0.2) is 22.8 Å². The predicted molar refractivity (Wildman–Crippen MR) is 78.0 cm³/mol. The maximum atomic E-state index is 11.8. The molecule has 0 N–H and O–H groups in total. The highest BCUT2D eigenvalue weighted by molar-refractivity contribution is 6.32. The van der Waals surface area contributed by atoms with E-state index in [1.807, 2.05) is 0 Å². The van der Waals surface area contributed by atoms with Crippen molar-refractivity contribution in [3.63, 3.8) is 0 Å². The number of benzene rings is 1. The summed E-state index contributed by atoms with van der Waals surface area (Å²) in [5, 5.41) is 10.9. The van der Waals surface area contributed by atoms with Gasteiger partial charge in [0.1, 0.15) is 5.57 Å². The lowest BCUT2D eigenvalue weighted by Crippen LogP contribution is -2.17. The van der Waals surface area contributed by atoms with Gasteiger partial charge in [-0.25, -0.2) is 4.79 Å². The molecule has 0 aliphatic heterocycles. The van der Waals surface area contributed by atoms with Gasteiger partial charge in [-0.15, -0.1) is 0 Å². The Morgan fingerprint density at radius 1 is 1.38 bits per heavy atom. The summed E-state index contributed by atoms with van der Waals surface area (Å²) in [6, 6.07) is 3.75. The van der Waals surface area contributed by atoms with Crippen molar-refractivity contribution in [2.24, 2.45) is 0 Å². The molecule has 0 bridgehead atoms. The molecular formula is C14H14ClNO5. The molecule has 21 heavy (non-hydrogen) atoms. The first-order valence-electron chi connectivity index (χ1n) is 6.10. The van der Waals surface area contributed by atoms with Crippen LogP contribution in [0.2, 0.25) is 5.02 Å². The highest BCUT2D eigenvalue weighted by Gasteiger charge is 2.19. The Hall–Kier alpha value is -2.21. The number of nitro groups is 1. The minimum atomic E-state index is -0.792.